The van der Waals surface area contributed by atoms with Crippen molar-refractivity contribution < 1.29 is 8.42 Å². The molecule has 1 heterocycles. The Morgan fingerprint density at radius 2 is 1.75 bits per heavy atom. The zero-order valence-corrected chi connectivity index (χ0v) is 14.0. The average molecular weight is 295 g/mol. The highest BCUT2D eigenvalue weighted by Gasteiger charge is 2.41. The number of fused-ring (bicyclic) bond motifs is 1. The van der Waals surface area contributed by atoms with E-state index in [0.29, 0.717) is 4.90 Å². The molecule has 0 bridgehead atoms. The van der Waals surface area contributed by atoms with E-state index < -0.39 is 9.84 Å². The highest BCUT2D eigenvalue weighted by molar-refractivity contribution is 7.92. The average Bonchev–Trinajstić information content (AvgIpc) is 2.36. The van der Waals surface area contributed by atoms with E-state index in [2.05, 4.69) is 32.2 Å². The number of rotatable bonds is 1. The van der Waals surface area contributed by atoms with Gasteiger partial charge in [-0.3, -0.25) is 0 Å². The summed E-state index contributed by atoms with van der Waals surface area (Å²) in [6, 6.07) is 5.89. The van der Waals surface area contributed by atoms with Crippen molar-refractivity contribution >= 4 is 9.84 Å². The first kappa shape index (κ1) is 15.5. The molecule has 0 amide bonds. The van der Waals surface area contributed by atoms with Crippen LogP contribution in [0.5, 0.6) is 0 Å². The van der Waals surface area contributed by atoms with E-state index in [0.717, 1.165) is 5.56 Å². The van der Waals surface area contributed by atoms with Crippen LogP contribution in [0.15, 0.2) is 23.1 Å². The molecular formula is C16H25NO2S. The summed E-state index contributed by atoms with van der Waals surface area (Å²) in [7, 11) is -1.31. The molecule has 0 radical (unpaired) electrons. The minimum Gasteiger partial charge on any atom is -0.313 e. The lowest BCUT2D eigenvalue weighted by Gasteiger charge is -2.36. The van der Waals surface area contributed by atoms with Crippen LogP contribution in [-0.2, 0) is 15.3 Å². The molecule has 0 saturated carbocycles. The van der Waals surface area contributed by atoms with Crippen molar-refractivity contribution in [3.05, 3.63) is 29.3 Å². The molecule has 0 aromatic heterocycles. The molecule has 1 N–H and O–H groups in total. The third kappa shape index (κ3) is 2.29. The zero-order valence-electron chi connectivity index (χ0n) is 13.2. The van der Waals surface area contributed by atoms with Crippen LogP contribution in [0.2, 0.25) is 0 Å². The molecule has 0 spiro atoms. The van der Waals surface area contributed by atoms with Crippen molar-refractivity contribution in [1.82, 2.24) is 5.32 Å². The van der Waals surface area contributed by atoms with E-state index in [1.807, 2.05) is 27.0 Å². The standard InChI is InChI=1S/C16H25NO2S/c1-10-11(2)20(18,19)14-8-7-12(16(3,4)5)9-13(14)15(10)17-6/h7-11,15,17H,1-6H3. The maximum Gasteiger partial charge on any atom is 0.181 e. The highest BCUT2D eigenvalue weighted by Crippen LogP contribution is 2.41. The van der Waals surface area contributed by atoms with E-state index in [1.165, 1.54) is 5.56 Å². The predicted molar refractivity (Wildman–Crippen MR) is 82.8 cm³/mol. The van der Waals surface area contributed by atoms with Crippen molar-refractivity contribution in [1.29, 1.82) is 0 Å². The summed E-state index contributed by atoms with van der Waals surface area (Å²) in [6.45, 7) is 10.3. The molecule has 0 saturated heterocycles. The van der Waals surface area contributed by atoms with Gasteiger partial charge in [0, 0.05) is 6.04 Å². The van der Waals surface area contributed by atoms with Gasteiger partial charge in [-0.25, -0.2) is 8.42 Å². The van der Waals surface area contributed by atoms with Crippen LogP contribution >= 0.6 is 0 Å². The van der Waals surface area contributed by atoms with Crippen LogP contribution in [0.3, 0.4) is 0 Å². The van der Waals surface area contributed by atoms with Gasteiger partial charge in [0.1, 0.15) is 0 Å². The van der Waals surface area contributed by atoms with Gasteiger partial charge in [0.2, 0.25) is 0 Å². The SMILES string of the molecule is CNC1c2cc(C(C)(C)C)ccc2S(=O)(=O)C(C)C1C. The Labute approximate surface area is 122 Å². The molecule has 1 aromatic carbocycles. The Morgan fingerprint density at radius 1 is 1.15 bits per heavy atom. The molecule has 112 valence electrons. The molecule has 1 aliphatic rings. The van der Waals surface area contributed by atoms with Crippen molar-refractivity contribution in [2.75, 3.05) is 7.05 Å². The normalized spacial score (nSPS) is 29.0. The number of hydrogen-bond donors (Lipinski definition) is 1. The lowest BCUT2D eigenvalue weighted by Crippen LogP contribution is -2.40. The number of nitrogens with one attached hydrogen (secondary N) is 1. The second-order valence-corrected chi connectivity index (χ2v) is 9.15. The molecule has 4 heteroatoms. The molecular weight excluding hydrogens is 270 g/mol. The van der Waals surface area contributed by atoms with E-state index in [1.54, 1.807) is 6.07 Å². The van der Waals surface area contributed by atoms with Crippen molar-refractivity contribution in [2.45, 2.75) is 56.2 Å². The van der Waals surface area contributed by atoms with Crippen LogP contribution in [0.4, 0.5) is 0 Å². The van der Waals surface area contributed by atoms with Gasteiger partial charge in [0.25, 0.3) is 0 Å². The molecule has 3 unspecified atom stereocenters. The summed E-state index contributed by atoms with van der Waals surface area (Å²) in [6.07, 6.45) is 0. The molecule has 1 aromatic rings. The topological polar surface area (TPSA) is 46.2 Å². The third-order valence-corrected chi connectivity index (χ3v) is 6.98. The van der Waals surface area contributed by atoms with Crippen molar-refractivity contribution in [3.63, 3.8) is 0 Å². The van der Waals surface area contributed by atoms with Crippen LogP contribution in [0, 0.1) is 5.92 Å². The Bertz CT molecular complexity index is 614. The van der Waals surface area contributed by atoms with E-state index >= 15 is 0 Å². The summed E-state index contributed by atoms with van der Waals surface area (Å²) in [5.74, 6) is 0.0627. The van der Waals surface area contributed by atoms with Crippen LogP contribution in [0.25, 0.3) is 0 Å². The van der Waals surface area contributed by atoms with Gasteiger partial charge < -0.3 is 5.32 Å². The van der Waals surface area contributed by atoms with Gasteiger partial charge in [-0.05, 0) is 42.5 Å². The van der Waals surface area contributed by atoms with Crippen LogP contribution in [-0.4, -0.2) is 20.7 Å². The minimum absolute atomic E-state index is 0.0172. The summed E-state index contributed by atoms with van der Waals surface area (Å²) >= 11 is 0. The fraction of sp³-hybridized carbons (Fsp3) is 0.625. The van der Waals surface area contributed by atoms with Gasteiger partial charge in [-0.1, -0.05) is 39.8 Å². The molecule has 3 nitrogen and oxygen atoms in total. The Hall–Kier alpha value is -0.870. The van der Waals surface area contributed by atoms with E-state index in [-0.39, 0.29) is 22.6 Å². The monoisotopic (exact) mass is 295 g/mol. The smallest absolute Gasteiger partial charge is 0.181 e. The lowest BCUT2D eigenvalue weighted by molar-refractivity contribution is 0.377. The molecule has 20 heavy (non-hydrogen) atoms. The van der Waals surface area contributed by atoms with Crippen molar-refractivity contribution in [3.8, 4) is 0 Å². The number of hydrogen-bond acceptors (Lipinski definition) is 3. The molecule has 0 aliphatic carbocycles. The van der Waals surface area contributed by atoms with Crippen LogP contribution < -0.4 is 5.32 Å². The van der Waals surface area contributed by atoms with Gasteiger partial charge >= 0.3 is 0 Å². The van der Waals surface area contributed by atoms with E-state index in [9.17, 15) is 8.42 Å². The van der Waals surface area contributed by atoms with Gasteiger partial charge in [-0.2, -0.15) is 0 Å². The first-order chi connectivity index (χ1) is 9.10. The Kier molecular flexibility index (Phi) is 3.76. The quantitative estimate of drug-likeness (QED) is 0.866. The number of sulfone groups is 1. The predicted octanol–water partition coefficient (Wildman–Crippen LogP) is 3.06. The second kappa shape index (κ2) is 4.85. The lowest BCUT2D eigenvalue weighted by atomic mass is 9.83. The maximum absolute atomic E-state index is 12.6. The van der Waals surface area contributed by atoms with Crippen LogP contribution in [0.1, 0.15) is 51.8 Å². The molecule has 3 atom stereocenters. The summed E-state index contributed by atoms with van der Waals surface area (Å²) in [5, 5.41) is 2.94. The third-order valence-electron chi connectivity index (χ3n) is 4.58. The van der Waals surface area contributed by atoms with Gasteiger partial charge in [0.05, 0.1) is 10.1 Å². The Balaban J connectivity index is 2.71. The molecule has 0 fully saturated rings. The summed E-state index contributed by atoms with van der Waals surface area (Å²) in [4.78, 5) is 0.496. The fourth-order valence-corrected chi connectivity index (χ4v) is 4.87. The van der Waals surface area contributed by atoms with Crippen molar-refractivity contribution in [2.24, 2.45) is 5.92 Å². The minimum atomic E-state index is -3.22. The first-order valence-electron chi connectivity index (χ1n) is 7.16. The Morgan fingerprint density at radius 3 is 2.25 bits per heavy atom. The molecule has 2 rings (SSSR count). The van der Waals surface area contributed by atoms with E-state index in [4.69, 9.17) is 0 Å². The van der Waals surface area contributed by atoms with Gasteiger partial charge in [0.15, 0.2) is 9.84 Å². The largest absolute Gasteiger partial charge is 0.313 e. The fourth-order valence-electron chi connectivity index (χ4n) is 2.97. The van der Waals surface area contributed by atoms with Gasteiger partial charge in [-0.15, -0.1) is 0 Å². The second-order valence-electron chi connectivity index (χ2n) is 6.88. The summed E-state index contributed by atoms with van der Waals surface area (Å²) < 4.78 is 25.2. The zero-order chi connectivity index (χ0) is 15.3. The first-order valence-corrected chi connectivity index (χ1v) is 8.71. The highest BCUT2D eigenvalue weighted by atomic mass is 32.2. The molecule has 1 aliphatic heterocycles. The number of benzene rings is 1. The summed E-state index contributed by atoms with van der Waals surface area (Å²) in [5.41, 5.74) is 2.11. The maximum atomic E-state index is 12.6.